The summed E-state index contributed by atoms with van der Waals surface area (Å²) in [6.45, 7) is 3.53. The lowest BCUT2D eigenvalue weighted by Gasteiger charge is -2.14. The van der Waals surface area contributed by atoms with Gasteiger partial charge in [-0.05, 0) is 26.2 Å². The van der Waals surface area contributed by atoms with Gasteiger partial charge in [-0.1, -0.05) is 77.0 Å². The lowest BCUT2D eigenvalue weighted by Crippen LogP contribution is -2.41. The summed E-state index contributed by atoms with van der Waals surface area (Å²) in [5.41, 5.74) is 8.41. The number of nitrogens with one attached hydrogen (secondary N) is 6. The first-order valence-corrected chi connectivity index (χ1v) is 19.5. The van der Waals surface area contributed by atoms with Crippen LogP contribution >= 0.6 is 0 Å². The summed E-state index contributed by atoms with van der Waals surface area (Å²) in [5, 5.41) is 21.4. The molecule has 0 saturated carbocycles. The van der Waals surface area contributed by atoms with Crippen LogP contribution in [-0.2, 0) is 42.9 Å². The van der Waals surface area contributed by atoms with Crippen LogP contribution < -0.4 is 32.4 Å². The number of amidine groups is 1. The molecule has 17 nitrogen and oxygen atoms in total. The molecule has 306 valence electrons. The molecule has 0 aromatic heterocycles. The first kappa shape index (κ1) is 47.6. The zero-order chi connectivity index (χ0) is 38.6. The summed E-state index contributed by atoms with van der Waals surface area (Å²) in [5.74, 6) is -1.17. The van der Waals surface area contributed by atoms with Gasteiger partial charge < -0.3 is 40.0 Å². The number of amides is 3. The molecule has 0 bridgehead atoms. The molecule has 0 aromatic carbocycles. The molecule has 1 heterocycles. The molecule has 0 aromatic rings. The van der Waals surface area contributed by atoms with Crippen LogP contribution in [0.25, 0.3) is 0 Å². The fraction of sp³-hybridized carbons (Fsp3) is 0.833. The minimum Gasteiger partial charge on any atom is -0.480 e. The Kier molecular flexibility index (Phi) is 30.9. The summed E-state index contributed by atoms with van der Waals surface area (Å²) in [6, 6.07) is -1.12. The average Bonchev–Trinajstić information content (AvgIpc) is 3.65. The van der Waals surface area contributed by atoms with E-state index in [1.807, 2.05) is 0 Å². The number of carboxylic acids is 1. The molecule has 0 radical (unpaired) electrons. The van der Waals surface area contributed by atoms with Crippen molar-refractivity contribution in [3.63, 3.8) is 0 Å². The number of ether oxygens (including phenoxy) is 4. The molecule has 1 rings (SSSR count). The van der Waals surface area contributed by atoms with E-state index in [-0.39, 0.29) is 82.3 Å². The van der Waals surface area contributed by atoms with Crippen LogP contribution in [0.15, 0.2) is 5.10 Å². The number of ketones is 1. The zero-order valence-electron chi connectivity index (χ0n) is 31.9. The number of carbonyl (C=O) groups is 5. The quantitative estimate of drug-likeness (QED) is 0.0450. The lowest BCUT2D eigenvalue weighted by atomic mass is 10.0. The van der Waals surface area contributed by atoms with Gasteiger partial charge in [0.05, 0.1) is 39.6 Å². The third kappa shape index (κ3) is 31.8. The van der Waals surface area contributed by atoms with E-state index in [2.05, 4.69) is 37.5 Å². The topological polar surface area (TPSA) is 227 Å². The molecule has 0 spiro atoms. The van der Waals surface area contributed by atoms with E-state index in [4.69, 9.17) is 18.9 Å². The number of hydrogen-bond acceptors (Lipinski definition) is 13. The monoisotopic (exact) mass is 757 g/mol. The molecule has 7 N–H and O–H groups in total. The Hall–Kier alpha value is -3.38. The standard InChI is InChI=1S/C36H67N7O10/c1-30(44)28-52-26-24-51-23-21-38-35(47)29-53-27-25-50-22-20-37-33(45)19-18-31(36(48)49)39-34(46)17-15-13-11-9-7-5-3-2-4-6-8-10-12-14-16-32-40-42-43-41-32/h31,42-43H,2-29H2,1H3,(H,37,45)(H,38,47)(H,39,46)(H,40,41)(H,48,49)/t31-/m0/s1. The van der Waals surface area contributed by atoms with Gasteiger partial charge in [0, 0.05) is 32.4 Å². The Labute approximate surface area is 315 Å². The van der Waals surface area contributed by atoms with E-state index >= 15 is 0 Å². The minimum atomic E-state index is -1.16. The van der Waals surface area contributed by atoms with Gasteiger partial charge >= 0.3 is 5.97 Å². The highest BCUT2D eigenvalue weighted by molar-refractivity contribution is 5.84. The Morgan fingerprint density at radius 2 is 1.13 bits per heavy atom. The van der Waals surface area contributed by atoms with Crippen LogP contribution in [-0.4, -0.2) is 112 Å². The van der Waals surface area contributed by atoms with Crippen molar-refractivity contribution in [2.45, 2.75) is 129 Å². The summed E-state index contributed by atoms with van der Waals surface area (Å²) in [6.07, 6.45) is 17.7. The zero-order valence-corrected chi connectivity index (χ0v) is 31.9. The van der Waals surface area contributed by atoms with E-state index in [9.17, 15) is 29.1 Å². The number of carboxylic acid groups (broad SMARTS) is 1. The van der Waals surface area contributed by atoms with Crippen LogP contribution in [0.4, 0.5) is 0 Å². The Morgan fingerprint density at radius 1 is 0.623 bits per heavy atom. The van der Waals surface area contributed by atoms with Crippen LogP contribution in [0.1, 0.15) is 122 Å². The second kappa shape index (κ2) is 34.4. The van der Waals surface area contributed by atoms with E-state index in [0.29, 0.717) is 32.8 Å². The number of hydrazine groups is 2. The van der Waals surface area contributed by atoms with E-state index < -0.39 is 12.0 Å². The number of unbranched alkanes of at least 4 members (excludes halogenated alkanes) is 13. The predicted octanol–water partition coefficient (Wildman–Crippen LogP) is 2.39. The van der Waals surface area contributed by atoms with Crippen LogP contribution in [0.5, 0.6) is 0 Å². The first-order chi connectivity index (χ1) is 25.8. The lowest BCUT2D eigenvalue weighted by molar-refractivity contribution is -0.142. The number of rotatable bonds is 38. The number of nitrogens with zero attached hydrogens (tertiary/aromatic N) is 1. The maximum Gasteiger partial charge on any atom is 0.326 e. The minimum absolute atomic E-state index is 0.00403. The van der Waals surface area contributed by atoms with Crippen molar-refractivity contribution < 1.29 is 48.0 Å². The Morgan fingerprint density at radius 3 is 1.66 bits per heavy atom. The van der Waals surface area contributed by atoms with Crippen molar-refractivity contribution in [2.24, 2.45) is 5.10 Å². The maximum absolute atomic E-state index is 12.3. The van der Waals surface area contributed by atoms with Gasteiger partial charge in [-0.3, -0.25) is 24.6 Å². The van der Waals surface area contributed by atoms with Crippen molar-refractivity contribution >= 4 is 35.3 Å². The molecule has 0 saturated heterocycles. The van der Waals surface area contributed by atoms with Gasteiger partial charge in [-0.15, -0.1) is 10.6 Å². The number of Topliss-reactive ketones (excluding diaryl/α,β-unsaturated/α-hetero) is 1. The normalized spacial score (nSPS) is 12.7. The Bertz CT molecular complexity index is 1030. The fourth-order valence-electron chi connectivity index (χ4n) is 5.33. The van der Waals surface area contributed by atoms with Crippen molar-refractivity contribution in [1.82, 2.24) is 32.4 Å². The van der Waals surface area contributed by atoms with Crippen LogP contribution in [0, 0.1) is 0 Å². The van der Waals surface area contributed by atoms with E-state index in [1.165, 1.54) is 64.7 Å². The molecular formula is C36H67N7O10. The molecule has 1 aliphatic rings. The van der Waals surface area contributed by atoms with Gasteiger partial charge in [0.15, 0.2) is 5.78 Å². The molecule has 53 heavy (non-hydrogen) atoms. The summed E-state index contributed by atoms with van der Waals surface area (Å²) in [7, 11) is 0. The fourth-order valence-corrected chi connectivity index (χ4v) is 5.33. The third-order valence-electron chi connectivity index (χ3n) is 8.23. The van der Waals surface area contributed by atoms with Crippen molar-refractivity contribution in [3.8, 4) is 0 Å². The smallest absolute Gasteiger partial charge is 0.326 e. The van der Waals surface area contributed by atoms with Crippen molar-refractivity contribution in [1.29, 1.82) is 0 Å². The highest BCUT2D eigenvalue weighted by atomic mass is 16.5. The second-order valence-electron chi connectivity index (χ2n) is 13.1. The summed E-state index contributed by atoms with van der Waals surface area (Å²) in [4.78, 5) is 58.6. The number of hydrogen-bond donors (Lipinski definition) is 7. The molecule has 0 unspecified atom stereocenters. The van der Waals surface area contributed by atoms with Gasteiger partial charge in [-0.25, -0.2) is 10.3 Å². The molecule has 1 atom stereocenters. The molecular weight excluding hydrogens is 690 g/mol. The highest BCUT2D eigenvalue weighted by Crippen LogP contribution is 2.14. The van der Waals surface area contributed by atoms with E-state index in [0.717, 1.165) is 37.9 Å². The van der Waals surface area contributed by atoms with Crippen LogP contribution in [0.3, 0.4) is 0 Å². The molecule has 1 aliphatic heterocycles. The molecule has 0 aliphatic carbocycles. The number of aliphatic carboxylic acids is 1. The molecule has 17 heteroatoms. The Balaban J connectivity index is 1.89. The van der Waals surface area contributed by atoms with Crippen LogP contribution in [0.2, 0.25) is 0 Å². The number of carbonyl (C=O) groups excluding carboxylic acids is 4. The maximum atomic E-state index is 12.3. The third-order valence-corrected chi connectivity index (χ3v) is 8.23. The summed E-state index contributed by atoms with van der Waals surface area (Å²) >= 11 is 0. The van der Waals surface area contributed by atoms with Crippen molar-refractivity contribution in [3.05, 3.63) is 0 Å². The van der Waals surface area contributed by atoms with Gasteiger partial charge in [0.2, 0.25) is 17.7 Å². The average molecular weight is 758 g/mol. The van der Waals surface area contributed by atoms with Gasteiger partial charge in [-0.2, -0.15) is 0 Å². The predicted molar refractivity (Wildman–Crippen MR) is 199 cm³/mol. The van der Waals surface area contributed by atoms with Gasteiger partial charge in [0.1, 0.15) is 25.1 Å². The molecule has 0 fully saturated rings. The summed E-state index contributed by atoms with van der Waals surface area (Å²) < 4.78 is 21.0. The second-order valence-corrected chi connectivity index (χ2v) is 13.1. The van der Waals surface area contributed by atoms with Gasteiger partial charge in [0.25, 0.3) is 0 Å². The number of hydrazone groups is 1. The first-order valence-electron chi connectivity index (χ1n) is 19.5. The highest BCUT2D eigenvalue weighted by Gasteiger charge is 2.20. The molecule has 3 amide bonds. The van der Waals surface area contributed by atoms with Crippen molar-refractivity contribution in [2.75, 3.05) is 65.9 Å². The SMILES string of the molecule is CC(=O)COCCOCCNC(=O)COCCOCCNC(=O)CC[C@H](NC(=O)CCCCCCCCCCCCCCCCC1=NNNN1)C(=O)O. The largest absolute Gasteiger partial charge is 0.480 e. The van der Waals surface area contributed by atoms with E-state index in [1.54, 1.807) is 0 Å².